The zero-order valence-electron chi connectivity index (χ0n) is 11.4. The largest absolute Gasteiger partial charge is 0.309 e. The standard InChI is InChI=1S/C15H20N2OS/c1-12(16-9-5-11-19(2)18)15-14-7-4-3-6-13(14)8-10-17-15/h3-4,6-8,10,12,16H,5,9,11H2,1-2H3. The molecule has 3 nitrogen and oxygen atoms in total. The minimum Gasteiger partial charge on any atom is -0.309 e. The number of nitrogens with zero attached hydrogens (tertiary/aromatic N) is 1. The van der Waals surface area contributed by atoms with Gasteiger partial charge in [-0.05, 0) is 31.3 Å². The molecule has 2 atom stereocenters. The van der Waals surface area contributed by atoms with E-state index in [1.807, 2.05) is 24.4 Å². The van der Waals surface area contributed by atoms with Crippen LogP contribution in [0.5, 0.6) is 0 Å². The fourth-order valence-electron chi connectivity index (χ4n) is 2.18. The summed E-state index contributed by atoms with van der Waals surface area (Å²) in [5.74, 6) is 0.753. The molecule has 0 radical (unpaired) electrons. The van der Waals surface area contributed by atoms with E-state index in [-0.39, 0.29) is 6.04 Å². The first-order valence-electron chi connectivity index (χ1n) is 6.55. The Labute approximate surface area is 116 Å². The Hall–Kier alpha value is -1.26. The van der Waals surface area contributed by atoms with E-state index >= 15 is 0 Å². The topological polar surface area (TPSA) is 42.0 Å². The van der Waals surface area contributed by atoms with Crippen molar-refractivity contribution in [3.05, 3.63) is 42.2 Å². The third-order valence-corrected chi connectivity index (χ3v) is 4.04. The highest BCUT2D eigenvalue weighted by molar-refractivity contribution is 7.84. The van der Waals surface area contributed by atoms with Gasteiger partial charge in [0.1, 0.15) is 0 Å². The molecule has 0 spiro atoms. The van der Waals surface area contributed by atoms with Gasteiger partial charge in [0.2, 0.25) is 0 Å². The Bertz CT molecular complexity index is 566. The molecular formula is C15H20N2OS. The smallest absolute Gasteiger partial charge is 0.0648 e. The molecule has 0 fully saturated rings. The summed E-state index contributed by atoms with van der Waals surface area (Å²) in [6.45, 7) is 2.99. The third-order valence-electron chi connectivity index (χ3n) is 3.17. The molecule has 0 bridgehead atoms. The molecule has 1 aromatic carbocycles. The maximum atomic E-state index is 11.0. The third kappa shape index (κ3) is 3.85. The molecule has 19 heavy (non-hydrogen) atoms. The number of benzene rings is 1. The lowest BCUT2D eigenvalue weighted by Crippen LogP contribution is -2.22. The second kappa shape index (κ2) is 6.78. The van der Waals surface area contributed by atoms with Gasteiger partial charge in [-0.15, -0.1) is 0 Å². The molecule has 0 saturated heterocycles. The lowest BCUT2D eigenvalue weighted by atomic mass is 10.1. The van der Waals surface area contributed by atoms with Crippen LogP contribution in [0, 0.1) is 0 Å². The maximum absolute atomic E-state index is 11.0. The van der Waals surface area contributed by atoms with Gasteiger partial charge >= 0.3 is 0 Å². The molecule has 2 unspecified atom stereocenters. The Morgan fingerprint density at radius 3 is 2.89 bits per heavy atom. The van der Waals surface area contributed by atoms with E-state index < -0.39 is 10.8 Å². The SMILES string of the molecule is CC(NCCCS(C)=O)c1nccc2ccccc12. The van der Waals surface area contributed by atoms with Gasteiger partial charge in [-0.3, -0.25) is 9.19 Å². The zero-order chi connectivity index (χ0) is 13.7. The first-order chi connectivity index (χ1) is 9.18. The fourth-order valence-corrected chi connectivity index (χ4v) is 2.73. The Morgan fingerprint density at radius 1 is 1.32 bits per heavy atom. The first-order valence-corrected chi connectivity index (χ1v) is 8.28. The maximum Gasteiger partial charge on any atom is 0.0648 e. The van der Waals surface area contributed by atoms with Crippen molar-refractivity contribution in [1.82, 2.24) is 10.3 Å². The van der Waals surface area contributed by atoms with E-state index in [0.717, 1.165) is 24.4 Å². The number of pyridine rings is 1. The van der Waals surface area contributed by atoms with Crippen molar-refractivity contribution in [3.63, 3.8) is 0 Å². The first kappa shape index (κ1) is 14.2. The summed E-state index contributed by atoms with van der Waals surface area (Å²) in [5, 5.41) is 5.87. The number of rotatable bonds is 6. The average molecular weight is 276 g/mol. The molecule has 0 saturated carbocycles. The fraction of sp³-hybridized carbons (Fsp3) is 0.400. The summed E-state index contributed by atoms with van der Waals surface area (Å²) in [6.07, 6.45) is 4.53. The van der Waals surface area contributed by atoms with E-state index in [1.54, 1.807) is 6.26 Å². The molecule has 0 aliphatic rings. The van der Waals surface area contributed by atoms with Crippen molar-refractivity contribution >= 4 is 21.6 Å². The van der Waals surface area contributed by atoms with Crippen LogP contribution in [0.1, 0.15) is 25.1 Å². The second-order valence-electron chi connectivity index (χ2n) is 4.72. The lowest BCUT2D eigenvalue weighted by Gasteiger charge is -2.15. The van der Waals surface area contributed by atoms with Crippen molar-refractivity contribution in [1.29, 1.82) is 0 Å². The summed E-state index contributed by atoms with van der Waals surface area (Å²) < 4.78 is 11.0. The summed E-state index contributed by atoms with van der Waals surface area (Å²) in [4.78, 5) is 4.50. The summed E-state index contributed by atoms with van der Waals surface area (Å²) >= 11 is 0. The van der Waals surface area contributed by atoms with Gasteiger partial charge < -0.3 is 5.32 Å². The number of fused-ring (bicyclic) bond motifs is 1. The van der Waals surface area contributed by atoms with Crippen LogP contribution in [-0.4, -0.2) is 27.7 Å². The quantitative estimate of drug-likeness (QED) is 0.825. The minimum atomic E-state index is -0.703. The molecule has 1 aromatic heterocycles. The van der Waals surface area contributed by atoms with Crippen molar-refractivity contribution in [2.45, 2.75) is 19.4 Å². The normalized spacial score (nSPS) is 14.4. The van der Waals surface area contributed by atoms with Crippen molar-refractivity contribution < 1.29 is 4.21 Å². The Kier molecular flexibility index (Phi) is 5.05. The lowest BCUT2D eigenvalue weighted by molar-refractivity contribution is 0.562. The van der Waals surface area contributed by atoms with Crippen molar-refractivity contribution in [2.75, 3.05) is 18.6 Å². The van der Waals surface area contributed by atoms with Crippen LogP contribution in [0.25, 0.3) is 10.8 Å². The molecule has 2 rings (SSSR count). The van der Waals surface area contributed by atoms with E-state index in [0.29, 0.717) is 0 Å². The molecule has 4 heteroatoms. The summed E-state index contributed by atoms with van der Waals surface area (Å²) in [7, 11) is -0.703. The van der Waals surface area contributed by atoms with E-state index in [4.69, 9.17) is 0 Å². The van der Waals surface area contributed by atoms with Crippen LogP contribution in [0.2, 0.25) is 0 Å². The van der Waals surface area contributed by atoms with E-state index in [1.165, 1.54) is 10.8 Å². The highest BCUT2D eigenvalue weighted by Gasteiger charge is 2.09. The monoisotopic (exact) mass is 276 g/mol. The highest BCUT2D eigenvalue weighted by atomic mass is 32.2. The minimum absolute atomic E-state index is 0.205. The van der Waals surface area contributed by atoms with Crippen molar-refractivity contribution in [2.24, 2.45) is 0 Å². The molecule has 1 N–H and O–H groups in total. The van der Waals surface area contributed by atoms with Gasteiger partial charge in [0, 0.05) is 40.4 Å². The Morgan fingerprint density at radius 2 is 2.11 bits per heavy atom. The van der Waals surface area contributed by atoms with Gasteiger partial charge in [-0.1, -0.05) is 24.3 Å². The number of nitrogens with one attached hydrogen (secondary N) is 1. The Balaban J connectivity index is 2.05. The van der Waals surface area contributed by atoms with Gasteiger partial charge in [0.05, 0.1) is 5.69 Å². The van der Waals surface area contributed by atoms with Gasteiger partial charge in [0.25, 0.3) is 0 Å². The molecule has 1 heterocycles. The second-order valence-corrected chi connectivity index (χ2v) is 6.28. The average Bonchev–Trinajstić information content (AvgIpc) is 2.42. The van der Waals surface area contributed by atoms with E-state index in [9.17, 15) is 4.21 Å². The summed E-state index contributed by atoms with van der Waals surface area (Å²) in [6, 6.07) is 10.5. The van der Waals surface area contributed by atoms with Crippen LogP contribution >= 0.6 is 0 Å². The molecule has 0 amide bonds. The zero-order valence-corrected chi connectivity index (χ0v) is 12.2. The van der Waals surface area contributed by atoms with Crippen LogP contribution < -0.4 is 5.32 Å². The number of aromatic nitrogens is 1. The number of hydrogen-bond acceptors (Lipinski definition) is 3. The van der Waals surface area contributed by atoms with Gasteiger partial charge in [-0.2, -0.15) is 0 Å². The number of hydrogen-bond donors (Lipinski definition) is 1. The molecule has 0 aliphatic carbocycles. The molecule has 2 aromatic rings. The summed E-state index contributed by atoms with van der Waals surface area (Å²) in [5.41, 5.74) is 1.08. The van der Waals surface area contributed by atoms with Crippen LogP contribution in [-0.2, 0) is 10.8 Å². The highest BCUT2D eigenvalue weighted by Crippen LogP contribution is 2.21. The van der Waals surface area contributed by atoms with Crippen LogP contribution in [0.4, 0.5) is 0 Å². The molecular weight excluding hydrogens is 256 g/mol. The molecule has 0 aliphatic heterocycles. The van der Waals surface area contributed by atoms with E-state index in [2.05, 4.69) is 29.4 Å². The molecule has 102 valence electrons. The predicted molar refractivity (Wildman–Crippen MR) is 81.7 cm³/mol. The predicted octanol–water partition coefficient (Wildman–Crippen LogP) is 2.65. The van der Waals surface area contributed by atoms with Gasteiger partial charge in [0.15, 0.2) is 0 Å². The van der Waals surface area contributed by atoms with Crippen LogP contribution in [0.3, 0.4) is 0 Å². The van der Waals surface area contributed by atoms with Crippen LogP contribution in [0.15, 0.2) is 36.5 Å². The van der Waals surface area contributed by atoms with Gasteiger partial charge in [-0.25, -0.2) is 0 Å². The van der Waals surface area contributed by atoms with Crippen molar-refractivity contribution in [3.8, 4) is 0 Å².